The van der Waals surface area contributed by atoms with Crippen molar-refractivity contribution in [2.75, 3.05) is 32.5 Å². The maximum atomic E-state index is 14.7. The van der Waals surface area contributed by atoms with E-state index >= 15 is 0 Å². The molecule has 1 fully saturated rings. The van der Waals surface area contributed by atoms with Crippen LogP contribution in [0.5, 0.6) is 0 Å². The number of Topliss-reactive ketones (excluding diaryl/α,β-unsaturated/α-hetero) is 2. The first-order valence-electron chi connectivity index (χ1n) is 14.2. The fraction of sp³-hybridized carbons (Fsp3) is 0.364. The molecule has 1 aromatic heterocycles. The van der Waals surface area contributed by atoms with Gasteiger partial charge in [0.15, 0.2) is 11.6 Å². The Hall–Kier alpha value is -3.89. The lowest BCUT2D eigenvalue weighted by Crippen LogP contribution is -2.31. The number of hydrogen-bond acceptors (Lipinski definition) is 6. The van der Waals surface area contributed by atoms with E-state index in [1.165, 1.54) is 25.1 Å². The molecule has 0 saturated carbocycles. The number of nitrogens with zero attached hydrogens (tertiary/aromatic N) is 3. The smallest absolute Gasteiger partial charge is 0.380 e. The minimum absolute atomic E-state index is 0.00635. The Morgan fingerprint density at radius 2 is 1.88 bits per heavy atom. The molecule has 2 aromatic carbocycles. The number of likely N-dealkylation sites (tertiary alicyclic amines) is 1. The Balaban J connectivity index is 1.27. The maximum Gasteiger partial charge on any atom is 0.416 e. The molecule has 1 aliphatic carbocycles. The molecule has 2 aliphatic rings. The van der Waals surface area contributed by atoms with Gasteiger partial charge in [0, 0.05) is 56.2 Å². The van der Waals surface area contributed by atoms with Gasteiger partial charge in [0.25, 0.3) is 0 Å². The molecule has 5 rings (SSSR count). The summed E-state index contributed by atoms with van der Waals surface area (Å²) >= 11 is 0. The molecular formula is C33H34F4N4O2. The largest absolute Gasteiger partial charge is 0.416 e. The van der Waals surface area contributed by atoms with Gasteiger partial charge in [0.05, 0.1) is 23.1 Å². The first-order chi connectivity index (χ1) is 20.4. The van der Waals surface area contributed by atoms with Gasteiger partial charge in [-0.1, -0.05) is 24.3 Å². The minimum atomic E-state index is -4.63. The molecule has 1 unspecified atom stereocenters. The van der Waals surface area contributed by atoms with Gasteiger partial charge in [-0.05, 0) is 74.0 Å². The highest BCUT2D eigenvalue weighted by Gasteiger charge is 2.35. The zero-order valence-electron chi connectivity index (χ0n) is 24.4. The molecule has 10 heteroatoms. The van der Waals surface area contributed by atoms with E-state index in [2.05, 4.69) is 15.2 Å². The van der Waals surface area contributed by atoms with Gasteiger partial charge in [0.2, 0.25) is 0 Å². The number of alkyl halides is 3. The number of pyridine rings is 1. The number of carbonyl (C=O) groups is 2. The second-order valence-corrected chi connectivity index (χ2v) is 11.6. The summed E-state index contributed by atoms with van der Waals surface area (Å²) in [5, 5.41) is 3.22. The summed E-state index contributed by atoms with van der Waals surface area (Å²) in [6, 6.07) is 10.2. The highest BCUT2D eigenvalue weighted by molar-refractivity contribution is 6.00. The summed E-state index contributed by atoms with van der Waals surface area (Å²) in [5.41, 5.74) is 3.09. The van der Waals surface area contributed by atoms with Crippen LogP contribution < -0.4 is 5.32 Å². The molecule has 226 valence electrons. The lowest BCUT2D eigenvalue weighted by atomic mass is 9.96. The van der Waals surface area contributed by atoms with Crippen molar-refractivity contribution < 1.29 is 27.2 Å². The first-order valence-corrected chi connectivity index (χ1v) is 14.2. The van der Waals surface area contributed by atoms with Crippen molar-refractivity contribution in [2.45, 2.75) is 51.5 Å². The van der Waals surface area contributed by atoms with Crippen LogP contribution in [0.15, 0.2) is 54.2 Å². The van der Waals surface area contributed by atoms with Gasteiger partial charge in [-0.3, -0.25) is 19.5 Å². The first kappa shape index (κ1) is 30.6. The van der Waals surface area contributed by atoms with Gasteiger partial charge in [-0.25, -0.2) is 4.39 Å². The van der Waals surface area contributed by atoms with Gasteiger partial charge < -0.3 is 10.2 Å². The van der Waals surface area contributed by atoms with E-state index in [9.17, 15) is 27.2 Å². The van der Waals surface area contributed by atoms with Crippen molar-refractivity contribution in [3.8, 4) is 0 Å². The summed E-state index contributed by atoms with van der Waals surface area (Å²) in [4.78, 5) is 33.3. The lowest BCUT2D eigenvalue weighted by Gasteiger charge is -2.22. The van der Waals surface area contributed by atoms with Crippen LogP contribution in [0.1, 0.15) is 57.2 Å². The summed E-state index contributed by atoms with van der Waals surface area (Å²) in [6.07, 6.45) is -0.125. The second-order valence-electron chi connectivity index (χ2n) is 11.6. The Bertz CT molecular complexity index is 1580. The zero-order chi connectivity index (χ0) is 30.9. The predicted molar refractivity (Wildman–Crippen MR) is 157 cm³/mol. The van der Waals surface area contributed by atoms with E-state index < -0.39 is 23.3 Å². The van der Waals surface area contributed by atoms with Crippen LogP contribution in [-0.4, -0.2) is 59.6 Å². The van der Waals surface area contributed by atoms with E-state index in [4.69, 9.17) is 0 Å². The normalized spacial score (nSPS) is 16.8. The number of hydrogen-bond donors (Lipinski definition) is 1. The Morgan fingerprint density at radius 3 is 2.58 bits per heavy atom. The molecule has 1 N–H and O–H groups in total. The third-order valence-electron chi connectivity index (χ3n) is 8.21. The topological polar surface area (TPSA) is 65.5 Å². The van der Waals surface area contributed by atoms with Crippen LogP contribution in [0.2, 0.25) is 0 Å². The molecule has 3 aromatic rings. The minimum Gasteiger partial charge on any atom is -0.380 e. The van der Waals surface area contributed by atoms with Gasteiger partial charge in [-0.15, -0.1) is 0 Å². The van der Waals surface area contributed by atoms with Crippen LogP contribution in [-0.2, 0) is 36.9 Å². The fourth-order valence-electron chi connectivity index (χ4n) is 5.65. The number of nitrogens with one attached hydrogen (secondary N) is 1. The Labute approximate surface area is 248 Å². The second kappa shape index (κ2) is 12.4. The highest BCUT2D eigenvalue weighted by atomic mass is 19.4. The predicted octanol–water partition coefficient (Wildman–Crippen LogP) is 5.94. The number of carbonyl (C=O) groups excluding carboxylic acids is 2. The molecule has 1 saturated heterocycles. The van der Waals surface area contributed by atoms with Crippen molar-refractivity contribution in [1.29, 1.82) is 0 Å². The molecule has 0 radical (unpaired) electrons. The third-order valence-corrected chi connectivity index (χ3v) is 8.21. The van der Waals surface area contributed by atoms with Crippen LogP contribution in [0, 0.1) is 5.82 Å². The van der Waals surface area contributed by atoms with E-state index in [1.54, 1.807) is 18.3 Å². The fourth-order valence-corrected chi connectivity index (χ4v) is 5.65. The molecule has 43 heavy (non-hydrogen) atoms. The molecular weight excluding hydrogens is 560 g/mol. The van der Waals surface area contributed by atoms with E-state index in [0.29, 0.717) is 48.9 Å². The molecule has 6 nitrogen and oxygen atoms in total. The van der Waals surface area contributed by atoms with Crippen molar-refractivity contribution in [2.24, 2.45) is 0 Å². The van der Waals surface area contributed by atoms with Gasteiger partial charge >= 0.3 is 6.18 Å². The Kier molecular flexibility index (Phi) is 8.80. The molecule has 0 bridgehead atoms. The number of fused-ring (bicyclic) bond motifs is 1. The molecule has 2 heterocycles. The van der Waals surface area contributed by atoms with E-state index in [1.807, 2.05) is 31.1 Å². The van der Waals surface area contributed by atoms with Gasteiger partial charge in [-0.2, -0.15) is 13.2 Å². The third kappa shape index (κ3) is 7.19. The number of anilines is 1. The van der Waals surface area contributed by atoms with Crippen LogP contribution >= 0.6 is 0 Å². The van der Waals surface area contributed by atoms with Crippen LogP contribution in [0.4, 0.5) is 23.2 Å². The van der Waals surface area contributed by atoms with Crippen molar-refractivity contribution >= 4 is 23.3 Å². The van der Waals surface area contributed by atoms with Crippen LogP contribution in [0.3, 0.4) is 0 Å². The summed E-state index contributed by atoms with van der Waals surface area (Å²) in [6.45, 7) is 3.35. The standard InChI is InChI=1S/C33H34F4N4O2/c1-20(42)24-11-26-12-27(17-39-31(26)14-24)38-16-21-4-7-30(34)25(10-21)15-32(43)22-5-6-23(29(13-22)33(35,36)37)18-41-9-8-28(19-41)40(2)3/h4-7,10-13,17,28,38H,8-9,14-16,18-19H2,1-3H3. The van der Waals surface area contributed by atoms with Crippen molar-refractivity contribution in [1.82, 2.24) is 14.8 Å². The Morgan fingerprint density at radius 1 is 1.09 bits per heavy atom. The lowest BCUT2D eigenvalue weighted by molar-refractivity contribution is -0.138. The average Bonchev–Trinajstić information content (AvgIpc) is 3.60. The van der Waals surface area contributed by atoms with Crippen molar-refractivity contribution in [3.63, 3.8) is 0 Å². The van der Waals surface area contributed by atoms with E-state index in [0.717, 1.165) is 23.7 Å². The summed E-state index contributed by atoms with van der Waals surface area (Å²) in [5.74, 6) is -1.19. The molecule has 1 aliphatic heterocycles. The van der Waals surface area contributed by atoms with E-state index in [-0.39, 0.29) is 35.4 Å². The zero-order valence-corrected chi connectivity index (χ0v) is 24.4. The number of halogens is 4. The number of aromatic nitrogens is 1. The quantitative estimate of drug-likeness (QED) is 0.232. The number of benzene rings is 2. The molecule has 0 spiro atoms. The summed E-state index contributed by atoms with van der Waals surface area (Å²) in [7, 11) is 3.92. The average molecular weight is 595 g/mol. The number of allylic oxidation sites excluding steroid dienone is 1. The SMILES string of the molecule is CC(=O)C1=Cc2cc(NCc3ccc(F)c(CC(=O)c4ccc(CN5CCC(N(C)C)C5)c(C(F)(F)F)c4)c3)cnc2C1. The van der Waals surface area contributed by atoms with Crippen molar-refractivity contribution in [3.05, 3.63) is 99.1 Å². The van der Waals surface area contributed by atoms with Gasteiger partial charge in [0.1, 0.15) is 5.82 Å². The van der Waals surface area contributed by atoms with Crippen LogP contribution in [0.25, 0.3) is 6.08 Å². The number of ketones is 2. The maximum absolute atomic E-state index is 14.7. The monoisotopic (exact) mass is 594 g/mol. The summed E-state index contributed by atoms with van der Waals surface area (Å²) < 4.78 is 56.8. The molecule has 0 amide bonds. The highest BCUT2D eigenvalue weighted by Crippen LogP contribution is 2.34. The number of rotatable bonds is 10. The molecule has 1 atom stereocenters. The number of likely N-dealkylation sites (N-methyl/N-ethyl adjacent to an activating group) is 1.